The number of aromatic amines is 1. The van der Waals surface area contributed by atoms with E-state index in [4.69, 9.17) is 10.5 Å². The summed E-state index contributed by atoms with van der Waals surface area (Å²) in [6.07, 6.45) is 0.225. The predicted molar refractivity (Wildman–Crippen MR) is 95.6 cm³/mol. The van der Waals surface area contributed by atoms with E-state index in [0.717, 1.165) is 0 Å². The van der Waals surface area contributed by atoms with Crippen LogP contribution in [0.1, 0.15) is 23.7 Å². The van der Waals surface area contributed by atoms with Crippen molar-refractivity contribution in [3.05, 3.63) is 46.2 Å². The number of benzene rings is 1. The summed E-state index contributed by atoms with van der Waals surface area (Å²) in [4.78, 5) is 41.2. The number of carbonyl (C=O) groups excluding carboxylic acids is 2. The Morgan fingerprint density at radius 2 is 2.04 bits per heavy atom. The number of hydrogen-bond acceptors (Lipinski definition) is 7. The van der Waals surface area contributed by atoms with Crippen molar-refractivity contribution in [2.75, 3.05) is 23.4 Å². The monoisotopic (exact) mass is 362 g/mol. The number of carbonyl (C=O) groups is 2. The van der Waals surface area contributed by atoms with Crippen LogP contribution in [0.5, 0.6) is 0 Å². The molecule has 9 heteroatoms. The van der Waals surface area contributed by atoms with Gasteiger partial charge in [0.1, 0.15) is 5.82 Å². The highest BCUT2D eigenvalue weighted by Crippen LogP contribution is 2.15. The molecule has 0 saturated heterocycles. The Labute approximate surface area is 148 Å². The molecule has 0 unspecified atom stereocenters. The highest BCUT2D eigenvalue weighted by molar-refractivity contribution is 7.99. The van der Waals surface area contributed by atoms with E-state index < -0.39 is 5.97 Å². The first-order valence-corrected chi connectivity index (χ1v) is 8.53. The molecule has 1 aromatic carbocycles. The van der Waals surface area contributed by atoms with Gasteiger partial charge in [0.2, 0.25) is 5.91 Å². The van der Waals surface area contributed by atoms with E-state index in [9.17, 15) is 14.4 Å². The van der Waals surface area contributed by atoms with Crippen molar-refractivity contribution in [3.8, 4) is 0 Å². The number of aromatic nitrogens is 2. The van der Waals surface area contributed by atoms with Gasteiger partial charge in [0.25, 0.3) is 5.56 Å². The number of anilines is 2. The van der Waals surface area contributed by atoms with Gasteiger partial charge in [-0.3, -0.25) is 9.59 Å². The second-order valence-corrected chi connectivity index (χ2v) is 6.00. The maximum atomic E-state index is 11.9. The van der Waals surface area contributed by atoms with E-state index in [1.54, 1.807) is 31.2 Å². The van der Waals surface area contributed by atoms with Crippen LogP contribution in [0, 0.1) is 0 Å². The van der Waals surface area contributed by atoms with Gasteiger partial charge in [-0.05, 0) is 31.2 Å². The third-order valence-electron chi connectivity index (χ3n) is 2.99. The van der Waals surface area contributed by atoms with E-state index in [1.165, 1.54) is 17.8 Å². The zero-order valence-corrected chi connectivity index (χ0v) is 14.4. The Kier molecular flexibility index (Phi) is 6.58. The fourth-order valence-electron chi connectivity index (χ4n) is 1.89. The first-order chi connectivity index (χ1) is 12.0. The molecule has 2 aromatic rings. The summed E-state index contributed by atoms with van der Waals surface area (Å²) in [5.74, 6) is -0.0282. The number of H-pyrrole nitrogens is 1. The van der Waals surface area contributed by atoms with Gasteiger partial charge in [-0.25, -0.2) is 9.78 Å². The average Bonchev–Trinajstić information content (AvgIpc) is 2.55. The molecule has 2 rings (SSSR count). The molecule has 0 atom stereocenters. The molecular formula is C16H18N4O4S. The van der Waals surface area contributed by atoms with Crippen LogP contribution in [0.25, 0.3) is 0 Å². The highest BCUT2D eigenvalue weighted by Gasteiger charge is 2.08. The fourth-order valence-corrected chi connectivity index (χ4v) is 2.71. The standard InChI is InChI=1S/C16H18N4O4S/c1-2-24-15(23)10-3-5-11(6-4-10)18-13(21)7-8-25-16-19-12(17)9-14(22)20-16/h3-6,9H,2,7-8H2,1H3,(H,18,21)(H3,17,19,20,22). The van der Waals surface area contributed by atoms with Gasteiger partial charge in [0, 0.05) is 23.9 Å². The van der Waals surface area contributed by atoms with Crippen LogP contribution in [0.15, 0.2) is 40.3 Å². The molecule has 0 aliphatic carbocycles. The van der Waals surface area contributed by atoms with Gasteiger partial charge in [0.15, 0.2) is 5.16 Å². The molecular weight excluding hydrogens is 344 g/mol. The Balaban J connectivity index is 1.81. The zero-order chi connectivity index (χ0) is 18.2. The smallest absolute Gasteiger partial charge is 0.338 e. The minimum absolute atomic E-state index is 0.136. The SMILES string of the molecule is CCOC(=O)c1ccc(NC(=O)CCSc2nc(N)cc(=O)[nH]2)cc1. The number of hydrogen-bond donors (Lipinski definition) is 3. The van der Waals surface area contributed by atoms with E-state index >= 15 is 0 Å². The van der Waals surface area contributed by atoms with Crippen molar-refractivity contribution in [2.45, 2.75) is 18.5 Å². The molecule has 8 nitrogen and oxygen atoms in total. The predicted octanol–water partition coefficient (Wildman–Crippen LogP) is 1.65. The van der Waals surface area contributed by atoms with Crippen molar-refractivity contribution in [1.82, 2.24) is 9.97 Å². The summed E-state index contributed by atoms with van der Waals surface area (Å²) >= 11 is 1.23. The molecule has 4 N–H and O–H groups in total. The number of nitrogens with one attached hydrogen (secondary N) is 2. The summed E-state index contributed by atoms with van der Waals surface area (Å²) in [5, 5.41) is 3.10. The molecule has 0 aliphatic rings. The molecule has 1 amide bonds. The number of rotatable bonds is 7. The Hall–Kier alpha value is -2.81. The van der Waals surface area contributed by atoms with Gasteiger partial charge in [-0.1, -0.05) is 11.8 Å². The number of thioether (sulfide) groups is 1. The first kappa shape index (κ1) is 18.5. The number of ether oxygens (including phenoxy) is 1. The summed E-state index contributed by atoms with van der Waals surface area (Å²) < 4.78 is 4.89. The Bertz CT molecular complexity index is 805. The van der Waals surface area contributed by atoms with E-state index in [2.05, 4.69) is 15.3 Å². The maximum absolute atomic E-state index is 11.9. The number of esters is 1. The van der Waals surface area contributed by atoms with E-state index in [1.807, 2.05) is 0 Å². The molecule has 1 aromatic heterocycles. The Morgan fingerprint density at radius 3 is 2.68 bits per heavy atom. The number of amides is 1. The molecule has 1 heterocycles. The van der Waals surface area contributed by atoms with Gasteiger partial charge < -0.3 is 20.8 Å². The van der Waals surface area contributed by atoms with Crippen molar-refractivity contribution in [1.29, 1.82) is 0 Å². The lowest BCUT2D eigenvalue weighted by Crippen LogP contribution is -2.13. The number of nitrogens with zero attached hydrogens (tertiary/aromatic N) is 1. The van der Waals surface area contributed by atoms with Crippen LogP contribution in [-0.2, 0) is 9.53 Å². The molecule has 0 radical (unpaired) electrons. The normalized spacial score (nSPS) is 10.3. The van der Waals surface area contributed by atoms with Gasteiger partial charge >= 0.3 is 5.97 Å². The van der Waals surface area contributed by atoms with Crippen LogP contribution in [0.2, 0.25) is 0 Å². The molecule has 25 heavy (non-hydrogen) atoms. The summed E-state index contributed by atoms with van der Waals surface area (Å²) in [7, 11) is 0. The second kappa shape index (κ2) is 8.88. The van der Waals surface area contributed by atoms with Crippen LogP contribution >= 0.6 is 11.8 Å². The van der Waals surface area contributed by atoms with Crippen molar-refractivity contribution in [2.24, 2.45) is 0 Å². The fraction of sp³-hybridized carbons (Fsp3) is 0.250. The number of nitrogen functional groups attached to an aromatic ring is 1. The van der Waals surface area contributed by atoms with E-state index in [0.29, 0.717) is 28.8 Å². The van der Waals surface area contributed by atoms with Crippen molar-refractivity contribution >= 4 is 35.1 Å². The summed E-state index contributed by atoms with van der Waals surface area (Å²) in [6.45, 7) is 2.04. The molecule has 132 valence electrons. The molecule has 0 saturated carbocycles. The largest absolute Gasteiger partial charge is 0.462 e. The Morgan fingerprint density at radius 1 is 1.32 bits per heavy atom. The van der Waals surface area contributed by atoms with Crippen LogP contribution in [0.3, 0.4) is 0 Å². The maximum Gasteiger partial charge on any atom is 0.338 e. The number of nitrogens with two attached hydrogens (primary N) is 1. The second-order valence-electron chi connectivity index (χ2n) is 4.92. The van der Waals surface area contributed by atoms with Crippen LogP contribution in [0.4, 0.5) is 11.5 Å². The first-order valence-electron chi connectivity index (χ1n) is 7.54. The molecule has 0 aliphatic heterocycles. The average molecular weight is 362 g/mol. The molecule has 0 bridgehead atoms. The van der Waals surface area contributed by atoms with Gasteiger partial charge in [0.05, 0.1) is 12.2 Å². The highest BCUT2D eigenvalue weighted by atomic mass is 32.2. The summed E-state index contributed by atoms with van der Waals surface area (Å²) in [6, 6.07) is 7.63. The van der Waals surface area contributed by atoms with Crippen LogP contribution < -0.4 is 16.6 Å². The molecule has 0 spiro atoms. The lowest BCUT2D eigenvalue weighted by atomic mass is 10.2. The lowest BCUT2D eigenvalue weighted by Gasteiger charge is -2.06. The van der Waals surface area contributed by atoms with E-state index in [-0.39, 0.29) is 23.7 Å². The minimum Gasteiger partial charge on any atom is -0.462 e. The topological polar surface area (TPSA) is 127 Å². The van der Waals surface area contributed by atoms with Gasteiger partial charge in [-0.15, -0.1) is 0 Å². The quantitative estimate of drug-likeness (QED) is 0.388. The molecule has 0 fully saturated rings. The van der Waals surface area contributed by atoms with Crippen molar-refractivity contribution < 1.29 is 14.3 Å². The lowest BCUT2D eigenvalue weighted by molar-refractivity contribution is -0.115. The van der Waals surface area contributed by atoms with Crippen LogP contribution in [-0.4, -0.2) is 34.2 Å². The third kappa shape index (κ3) is 5.96. The van der Waals surface area contributed by atoms with Crippen molar-refractivity contribution in [3.63, 3.8) is 0 Å². The third-order valence-corrected chi connectivity index (χ3v) is 3.86. The van der Waals surface area contributed by atoms with Gasteiger partial charge in [-0.2, -0.15) is 0 Å². The zero-order valence-electron chi connectivity index (χ0n) is 13.6. The summed E-state index contributed by atoms with van der Waals surface area (Å²) in [5.41, 5.74) is 6.16. The minimum atomic E-state index is -0.402.